The molecule has 2 nitrogen and oxygen atoms in total. The fourth-order valence-corrected chi connectivity index (χ4v) is 3.40. The zero-order valence-electron chi connectivity index (χ0n) is 12.6. The van der Waals surface area contributed by atoms with Crippen LogP contribution in [0.3, 0.4) is 0 Å². The Kier molecular flexibility index (Phi) is 5.00. The third-order valence-electron chi connectivity index (χ3n) is 4.97. The predicted octanol–water partition coefficient (Wildman–Crippen LogP) is 3.50. The van der Waals surface area contributed by atoms with Crippen molar-refractivity contribution in [2.45, 2.75) is 58.9 Å². The van der Waals surface area contributed by atoms with Crippen LogP contribution < -0.4 is 11.3 Å². The number of nitrogens with one attached hydrogen (secondary N) is 1. The lowest BCUT2D eigenvalue weighted by molar-refractivity contribution is 0.348. The van der Waals surface area contributed by atoms with Gasteiger partial charge in [-0.15, -0.1) is 0 Å². The summed E-state index contributed by atoms with van der Waals surface area (Å²) in [5, 5.41) is 0. The molecule has 0 aliphatic heterocycles. The van der Waals surface area contributed by atoms with Crippen molar-refractivity contribution in [2.75, 3.05) is 0 Å². The van der Waals surface area contributed by atoms with Crippen LogP contribution in [0.4, 0.5) is 0 Å². The minimum atomic E-state index is 0.429. The van der Waals surface area contributed by atoms with E-state index < -0.39 is 0 Å². The molecule has 1 aromatic rings. The van der Waals surface area contributed by atoms with Gasteiger partial charge in [0.25, 0.3) is 0 Å². The Balaban J connectivity index is 2.00. The average molecular weight is 260 g/mol. The van der Waals surface area contributed by atoms with E-state index in [1.807, 2.05) is 0 Å². The lowest BCUT2D eigenvalue weighted by atomic mass is 9.90. The normalized spacial score (nSPS) is 24.6. The van der Waals surface area contributed by atoms with E-state index in [9.17, 15) is 0 Å². The highest BCUT2D eigenvalue weighted by Crippen LogP contribution is 2.35. The molecule has 0 heterocycles. The van der Waals surface area contributed by atoms with Crippen LogP contribution in [-0.2, 0) is 6.42 Å². The van der Waals surface area contributed by atoms with Crippen LogP contribution >= 0.6 is 0 Å². The molecule has 0 spiro atoms. The van der Waals surface area contributed by atoms with E-state index in [0.717, 1.165) is 18.3 Å². The summed E-state index contributed by atoms with van der Waals surface area (Å²) in [5.74, 6) is 7.47. The van der Waals surface area contributed by atoms with Crippen LogP contribution in [0.25, 0.3) is 0 Å². The molecule has 106 valence electrons. The van der Waals surface area contributed by atoms with Gasteiger partial charge in [-0.1, -0.05) is 38.0 Å². The zero-order chi connectivity index (χ0) is 13.8. The summed E-state index contributed by atoms with van der Waals surface area (Å²) in [6.07, 6.45) is 6.43. The van der Waals surface area contributed by atoms with Gasteiger partial charge in [-0.25, -0.2) is 0 Å². The molecule has 1 aliphatic carbocycles. The maximum atomic E-state index is 5.81. The maximum Gasteiger partial charge on any atom is 0.0279 e. The van der Waals surface area contributed by atoms with Crippen LogP contribution in [-0.4, -0.2) is 6.04 Å². The number of aryl methyl sites for hydroxylation is 2. The van der Waals surface area contributed by atoms with Gasteiger partial charge in [0.15, 0.2) is 0 Å². The molecule has 0 bridgehead atoms. The highest BCUT2D eigenvalue weighted by molar-refractivity contribution is 5.30. The fourth-order valence-electron chi connectivity index (χ4n) is 3.40. The third-order valence-corrected chi connectivity index (χ3v) is 4.97. The summed E-state index contributed by atoms with van der Waals surface area (Å²) >= 11 is 0. The minimum Gasteiger partial charge on any atom is -0.271 e. The van der Waals surface area contributed by atoms with Gasteiger partial charge in [-0.3, -0.25) is 11.3 Å². The number of nitrogens with two attached hydrogens (primary N) is 1. The first-order valence-corrected chi connectivity index (χ1v) is 7.66. The van der Waals surface area contributed by atoms with Gasteiger partial charge in [-0.2, -0.15) is 0 Å². The molecule has 0 saturated heterocycles. The Labute approximate surface area is 117 Å². The summed E-state index contributed by atoms with van der Waals surface area (Å²) in [7, 11) is 0. The standard InChI is InChI=1S/C17H28N2/c1-4-14-7-8-16(10-14)17(19-18)11-15-6-5-12(2)13(3)9-15/h5-6,9,14,16-17,19H,4,7-8,10-11,18H2,1-3H3. The molecule has 19 heavy (non-hydrogen) atoms. The van der Waals surface area contributed by atoms with E-state index in [-0.39, 0.29) is 0 Å². The summed E-state index contributed by atoms with van der Waals surface area (Å²) in [6.45, 7) is 6.66. The SMILES string of the molecule is CCC1CCC(C(Cc2ccc(C)c(C)c2)NN)C1. The summed E-state index contributed by atoms with van der Waals surface area (Å²) in [6, 6.07) is 7.21. The molecule has 2 heteroatoms. The Morgan fingerprint density at radius 2 is 2.05 bits per heavy atom. The number of hydrogen-bond donors (Lipinski definition) is 2. The molecule has 0 radical (unpaired) electrons. The second kappa shape index (κ2) is 6.53. The van der Waals surface area contributed by atoms with Crippen molar-refractivity contribution in [1.82, 2.24) is 5.43 Å². The Morgan fingerprint density at radius 3 is 2.63 bits per heavy atom. The molecular weight excluding hydrogens is 232 g/mol. The molecule has 3 N–H and O–H groups in total. The van der Waals surface area contributed by atoms with Crippen LogP contribution in [0.5, 0.6) is 0 Å². The average Bonchev–Trinajstić information content (AvgIpc) is 2.88. The van der Waals surface area contributed by atoms with Gasteiger partial charge in [0.1, 0.15) is 0 Å². The van der Waals surface area contributed by atoms with Crippen molar-refractivity contribution >= 4 is 0 Å². The number of benzene rings is 1. The van der Waals surface area contributed by atoms with Gasteiger partial charge in [0.05, 0.1) is 0 Å². The molecule has 0 aromatic heterocycles. The molecule has 1 aromatic carbocycles. The molecule has 0 amide bonds. The van der Waals surface area contributed by atoms with Crippen molar-refractivity contribution in [1.29, 1.82) is 0 Å². The molecule has 1 aliphatic rings. The van der Waals surface area contributed by atoms with Gasteiger partial charge >= 0.3 is 0 Å². The predicted molar refractivity (Wildman–Crippen MR) is 81.9 cm³/mol. The second-order valence-electron chi connectivity index (χ2n) is 6.24. The lowest BCUT2D eigenvalue weighted by Crippen LogP contribution is -2.41. The topological polar surface area (TPSA) is 38.0 Å². The van der Waals surface area contributed by atoms with Crippen molar-refractivity contribution in [2.24, 2.45) is 17.7 Å². The lowest BCUT2D eigenvalue weighted by Gasteiger charge is -2.23. The Bertz CT molecular complexity index is 414. The van der Waals surface area contributed by atoms with Crippen LogP contribution in [0.15, 0.2) is 18.2 Å². The summed E-state index contributed by atoms with van der Waals surface area (Å²) in [4.78, 5) is 0. The van der Waals surface area contributed by atoms with Crippen molar-refractivity contribution in [3.05, 3.63) is 34.9 Å². The third kappa shape index (κ3) is 3.58. The van der Waals surface area contributed by atoms with E-state index >= 15 is 0 Å². The first-order valence-electron chi connectivity index (χ1n) is 7.66. The van der Waals surface area contributed by atoms with Crippen LogP contribution in [0, 0.1) is 25.7 Å². The van der Waals surface area contributed by atoms with Gasteiger partial charge in [0, 0.05) is 6.04 Å². The molecule has 3 unspecified atom stereocenters. The van der Waals surface area contributed by atoms with Gasteiger partial charge in [0.2, 0.25) is 0 Å². The smallest absolute Gasteiger partial charge is 0.0279 e. The van der Waals surface area contributed by atoms with Crippen molar-refractivity contribution in [3.8, 4) is 0 Å². The molecule has 2 rings (SSSR count). The monoisotopic (exact) mass is 260 g/mol. The Hall–Kier alpha value is -0.860. The Morgan fingerprint density at radius 1 is 1.26 bits per heavy atom. The van der Waals surface area contributed by atoms with Crippen molar-refractivity contribution in [3.63, 3.8) is 0 Å². The number of hydrazine groups is 1. The highest BCUT2D eigenvalue weighted by Gasteiger charge is 2.29. The van der Waals surface area contributed by atoms with E-state index in [0.29, 0.717) is 6.04 Å². The van der Waals surface area contributed by atoms with Crippen LogP contribution in [0.2, 0.25) is 0 Å². The summed E-state index contributed by atoms with van der Waals surface area (Å²) < 4.78 is 0. The quantitative estimate of drug-likeness (QED) is 0.628. The molecular formula is C17H28N2. The van der Waals surface area contributed by atoms with E-state index in [1.54, 1.807) is 0 Å². The minimum absolute atomic E-state index is 0.429. The first kappa shape index (κ1) is 14.5. The molecule has 1 saturated carbocycles. The highest BCUT2D eigenvalue weighted by atomic mass is 15.2. The molecule has 3 atom stereocenters. The fraction of sp³-hybridized carbons (Fsp3) is 0.647. The van der Waals surface area contributed by atoms with Gasteiger partial charge < -0.3 is 0 Å². The van der Waals surface area contributed by atoms with E-state index in [2.05, 4.69) is 44.4 Å². The van der Waals surface area contributed by atoms with Crippen molar-refractivity contribution < 1.29 is 0 Å². The first-order chi connectivity index (χ1) is 9.13. The van der Waals surface area contributed by atoms with Crippen LogP contribution in [0.1, 0.15) is 49.3 Å². The van der Waals surface area contributed by atoms with E-state index in [1.165, 1.54) is 42.4 Å². The zero-order valence-corrected chi connectivity index (χ0v) is 12.6. The largest absolute Gasteiger partial charge is 0.271 e. The second-order valence-corrected chi connectivity index (χ2v) is 6.24. The maximum absolute atomic E-state index is 5.81. The van der Waals surface area contributed by atoms with Gasteiger partial charge in [-0.05, 0) is 61.6 Å². The number of hydrogen-bond acceptors (Lipinski definition) is 2. The number of rotatable bonds is 5. The molecule has 1 fully saturated rings. The van der Waals surface area contributed by atoms with E-state index in [4.69, 9.17) is 5.84 Å². The summed E-state index contributed by atoms with van der Waals surface area (Å²) in [5.41, 5.74) is 7.23.